The Morgan fingerprint density at radius 2 is 1.52 bits per heavy atom. The minimum absolute atomic E-state index is 0.206. The summed E-state index contributed by atoms with van der Waals surface area (Å²) in [5, 5.41) is 8.37. The summed E-state index contributed by atoms with van der Waals surface area (Å²) in [4.78, 5) is 4.17. The highest BCUT2D eigenvalue weighted by Gasteiger charge is 2.52. The molecular weight excluding hydrogens is 317 g/mol. The van der Waals surface area contributed by atoms with Gasteiger partial charge in [0, 0.05) is 5.46 Å². The first kappa shape index (κ1) is 17.4. The third-order valence-corrected chi connectivity index (χ3v) is 4.63. The number of anilines is 2. The molecule has 4 N–H and O–H groups in total. The van der Waals surface area contributed by atoms with Crippen LogP contribution in [-0.2, 0) is 9.31 Å². The number of hydrogen-bond acceptors (Lipinski definition) is 7. The van der Waals surface area contributed by atoms with Crippen LogP contribution in [0.4, 0.5) is 23.0 Å². The number of azo groups is 1. The zero-order valence-electron chi connectivity index (χ0n) is 14.9. The van der Waals surface area contributed by atoms with E-state index in [2.05, 4.69) is 15.2 Å². The minimum atomic E-state index is -0.635. The number of pyridine rings is 1. The van der Waals surface area contributed by atoms with E-state index in [1.165, 1.54) is 0 Å². The Bertz CT molecular complexity index is 792. The van der Waals surface area contributed by atoms with Crippen molar-refractivity contribution in [2.45, 2.75) is 38.9 Å². The summed E-state index contributed by atoms with van der Waals surface area (Å²) in [6, 6.07) is 11.1. The van der Waals surface area contributed by atoms with Crippen LogP contribution in [0, 0.1) is 0 Å². The molecule has 1 aliphatic heterocycles. The van der Waals surface area contributed by atoms with Crippen molar-refractivity contribution in [1.82, 2.24) is 4.98 Å². The summed E-state index contributed by atoms with van der Waals surface area (Å²) in [6.45, 7) is 7.90. The monoisotopic (exact) mass is 339 g/mol. The van der Waals surface area contributed by atoms with E-state index in [4.69, 9.17) is 20.8 Å². The van der Waals surface area contributed by atoms with Crippen molar-refractivity contribution in [1.29, 1.82) is 0 Å². The number of benzene rings is 1. The van der Waals surface area contributed by atoms with E-state index >= 15 is 0 Å². The number of hydrogen-bond donors (Lipinski definition) is 2. The highest BCUT2D eigenvalue weighted by atomic mass is 16.7. The van der Waals surface area contributed by atoms with Gasteiger partial charge in [-0.2, -0.15) is 5.11 Å². The topological polar surface area (TPSA) is 108 Å². The molecule has 1 fully saturated rings. The van der Waals surface area contributed by atoms with Gasteiger partial charge in [-0.15, -0.1) is 5.11 Å². The van der Waals surface area contributed by atoms with Crippen molar-refractivity contribution in [3.05, 3.63) is 36.4 Å². The molecule has 0 bridgehead atoms. The van der Waals surface area contributed by atoms with Gasteiger partial charge in [0.1, 0.15) is 11.5 Å². The van der Waals surface area contributed by atoms with Crippen LogP contribution in [-0.4, -0.2) is 23.3 Å². The van der Waals surface area contributed by atoms with E-state index < -0.39 is 18.3 Å². The summed E-state index contributed by atoms with van der Waals surface area (Å²) < 4.78 is 12.1. The van der Waals surface area contributed by atoms with Crippen LogP contribution in [0.15, 0.2) is 46.6 Å². The molecule has 0 unspecified atom stereocenters. The summed E-state index contributed by atoms with van der Waals surface area (Å²) in [5.41, 5.74) is 12.7. The van der Waals surface area contributed by atoms with Gasteiger partial charge < -0.3 is 20.8 Å². The Morgan fingerprint density at radius 1 is 0.920 bits per heavy atom. The quantitative estimate of drug-likeness (QED) is 0.660. The van der Waals surface area contributed by atoms with E-state index in [9.17, 15) is 0 Å². The van der Waals surface area contributed by atoms with E-state index in [0.29, 0.717) is 11.2 Å². The second-order valence-corrected chi connectivity index (χ2v) is 6.99. The first-order valence-corrected chi connectivity index (χ1v) is 8.08. The number of nitrogens with two attached hydrogens (primary N) is 2. The van der Waals surface area contributed by atoms with E-state index in [1.54, 1.807) is 6.07 Å². The molecule has 8 heteroatoms. The highest BCUT2D eigenvalue weighted by Crippen LogP contribution is 2.37. The number of aromatic nitrogens is 1. The van der Waals surface area contributed by atoms with Crippen molar-refractivity contribution in [3.8, 4) is 0 Å². The molecule has 2 aromatic rings. The molecule has 0 saturated carbocycles. The lowest BCUT2D eigenvalue weighted by Crippen LogP contribution is -2.41. The Kier molecular flexibility index (Phi) is 4.26. The lowest BCUT2D eigenvalue weighted by molar-refractivity contribution is 0.00578. The molecule has 0 spiro atoms. The first-order valence-electron chi connectivity index (χ1n) is 8.08. The molecule has 0 amide bonds. The normalized spacial score (nSPS) is 18.8. The largest absolute Gasteiger partial charge is 0.498 e. The molecule has 0 aliphatic carbocycles. The number of rotatable bonds is 3. The summed E-state index contributed by atoms with van der Waals surface area (Å²) in [7, 11) is -0.635. The second-order valence-electron chi connectivity index (χ2n) is 6.99. The third-order valence-electron chi connectivity index (χ3n) is 4.63. The molecule has 130 valence electrons. The van der Waals surface area contributed by atoms with Crippen LogP contribution < -0.4 is 16.9 Å². The average Bonchev–Trinajstić information content (AvgIpc) is 2.75. The molecule has 0 radical (unpaired) electrons. The van der Waals surface area contributed by atoms with Crippen LogP contribution >= 0.6 is 0 Å². The van der Waals surface area contributed by atoms with E-state index in [1.807, 2.05) is 58.0 Å². The van der Waals surface area contributed by atoms with Gasteiger partial charge in [-0.3, -0.25) is 0 Å². The third kappa shape index (κ3) is 3.36. The second kappa shape index (κ2) is 6.13. The zero-order valence-corrected chi connectivity index (χ0v) is 14.9. The van der Waals surface area contributed by atoms with Gasteiger partial charge in [-0.25, -0.2) is 4.98 Å². The Balaban J connectivity index is 1.93. The average molecular weight is 339 g/mol. The molecule has 25 heavy (non-hydrogen) atoms. The molecule has 1 aliphatic rings. The van der Waals surface area contributed by atoms with Gasteiger partial charge in [0.05, 0.1) is 16.9 Å². The fraction of sp³-hybridized carbons (Fsp3) is 0.353. The molecule has 7 nitrogen and oxygen atoms in total. The smallest absolute Gasteiger partial charge is 0.399 e. The van der Waals surface area contributed by atoms with Crippen LogP contribution in [0.5, 0.6) is 0 Å². The van der Waals surface area contributed by atoms with Crippen molar-refractivity contribution in [2.24, 2.45) is 10.2 Å². The molecule has 0 atom stereocenters. The van der Waals surface area contributed by atoms with Crippen molar-refractivity contribution >= 4 is 35.6 Å². The fourth-order valence-electron chi connectivity index (χ4n) is 2.39. The SMILES string of the molecule is CC1(C)OB(c2cc(/N=N/c3ccccc3)c(N)nc2N)OC1(C)C. The van der Waals surface area contributed by atoms with Crippen LogP contribution in [0.25, 0.3) is 0 Å². The van der Waals surface area contributed by atoms with Gasteiger partial charge in [0.25, 0.3) is 0 Å². The predicted octanol–water partition coefficient (Wildman–Crippen LogP) is 2.96. The summed E-state index contributed by atoms with van der Waals surface area (Å²) in [5.74, 6) is 0.465. The van der Waals surface area contributed by atoms with Crippen molar-refractivity contribution < 1.29 is 9.31 Å². The maximum absolute atomic E-state index is 6.03. The van der Waals surface area contributed by atoms with Crippen LogP contribution in [0.2, 0.25) is 0 Å². The lowest BCUT2D eigenvalue weighted by Gasteiger charge is -2.32. The predicted molar refractivity (Wildman–Crippen MR) is 99.4 cm³/mol. The van der Waals surface area contributed by atoms with Gasteiger partial charge in [-0.1, -0.05) is 18.2 Å². The zero-order chi connectivity index (χ0) is 18.2. The summed E-state index contributed by atoms with van der Waals surface area (Å²) in [6.07, 6.45) is 0. The molecular formula is C17H22BN5O2. The molecule has 3 rings (SSSR count). The van der Waals surface area contributed by atoms with Crippen LogP contribution in [0.1, 0.15) is 27.7 Å². The maximum Gasteiger partial charge on any atom is 0.498 e. The fourth-order valence-corrected chi connectivity index (χ4v) is 2.39. The first-order chi connectivity index (χ1) is 11.7. The number of nitrogens with zero attached hydrogens (tertiary/aromatic N) is 3. The number of nitrogen functional groups attached to an aromatic ring is 2. The van der Waals surface area contributed by atoms with Gasteiger partial charge in [0.2, 0.25) is 0 Å². The van der Waals surface area contributed by atoms with Crippen LogP contribution in [0.3, 0.4) is 0 Å². The van der Waals surface area contributed by atoms with Gasteiger partial charge in [0.15, 0.2) is 5.82 Å². The molecule has 1 saturated heterocycles. The Labute approximate surface area is 147 Å². The minimum Gasteiger partial charge on any atom is -0.399 e. The molecule has 2 heterocycles. The van der Waals surface area contributed by atoms with E-state index in [-0.39, 0.29) is 11.6 Å². The van der Waals surface area contributed by atoms with Crippen molar-refractivity contribution in [2.75, 3.05) is 11.5 Å². The molecule has 1 aromatic carbocycles. The van der Waals surface area contributed by atoms with E-state index in [0.717, 1.165) is 5.69 Å². The van der Waals surface area contributed by atoms with Crippen molar-refractivity contribution in [3.63, 3.8) is 0 Å². The maximum atomic E-state index is 6.03. The van der Waals surface area contributed by atoms with Gasteiger partial charge >= 0.3 is 7.12 Å². The Morgan fingerprint density at radius 3 is 2.12 bits per heavy atom. The Hall–Kier alpha value is -2.45. The highest BCUT2D eigenvalue weighted by molar-refractivity contribution is 6.63. The lowest BCUT2D eigenvalue weighted by atomic mass is 9.79. The van der Waals surface area contributed by atoms with Gasteiger partial charge in [-0.05, 0) is 45.9 Å². The molecule has 1 aromatic heterocycles. The standard InChI is InChI=1S/C17H22BN5O2/c1-16(2)17(3,4)25-18(24-16)12-10-13(15(20)21-14(12)19)23-22-11-8-6-5-7-9-11/h5-10H,1-4H3,(H4,19,20,21)/b23-22+. The summed E-state index contributed by atoms with van der Waals surface area (Å²) >= 11 is 0.